The second-order valence-corrected chi connectivity index (χ2v) is 13.0. The first-order valence-corrected chi connectivity index (χ1v) is 11.7. The van der Waals surface area contributed by atoms with Gasteiger partial charge in [0, 0.05) is 0 Å². The van der Waals surface area contributed by atoms with Gasteiger partial charge in [-0.15, -0.1) is 0 Å². The van der Waals surface area contributed by atoms with Crippen molar-refractivity contribution in [1.29, 1.82) is 0 Å². The van der Waals surface area contributed by atoms with Gasteiger partial charge in [-0.25, -0.2) is 0 Å². The maximum atomic E-state index is 6.76. The average Bonchev–Trinajstić information content (AvgIpc) is 2.56. The molecule has 0 unspecified atom stereocenters. The number of hydrogen-bond donors (Lipinski definition) is 0. The molecule has 0 aliphatic heterocycles. The molecule has 0 atom stereocenters. The summed E-state index contributed by atoms with van der Waals surface area (Å²) < 4.78 is 13.5. The molecule has 2 nitrogen and oxygen atoms in total. The fourth-order valence-electron chi connectivity index (χ4n) is 2.72. The van der Waals surface area contributed by atoms with E-state index in [1.54, 1.807) is 0 Å². The molecule has 0 aliphatic rings. The van der Waals surface area contributed by atoms with E-state index in [2.05, 4.69) is 104 Å². The summed E-state index contributed by atoms with van der Waals surface area (Å²) in [4.78, 5) is 0. The van der Waals surface area contributed by atoms with Gasteiger partial charge < -0.3 is 0 Å². The fourth-order valence-corrected chi connectivity index (χ4v) is 6.29. The van der Waals surface area contributed by atoms with Crippen LogP contribution in [0.2, 0.25) is 0 Å². The predicted molar refractivity (Wildman–Crippen MR) is 121 cm³/mol. The zero-order chi connectivity index (χ0) is 20.3. The van der Waals surface area contributed by atoms with Crippen LogP contribution in [0.1, 0.15) is 52.7 Å². The topological polar surface area (TPSA) is 18.5 Å². The van der Waals surface area contributed by atoms with Crippen LogP contribution in [-0.4, -0.2) is 13.2 Å². The van der Waals surface area contributed by atoms with Crippen molar-refractivity contribution in [2.24, 2.45) is 10.8 Å². The van der Waals surface area contributed by atoms with Crippen molar-refractivity contribution in [3.63, 3.8) is 0 Å². The fraction of sp³-hybridized carbons (Fsp3) is 0.500. The maximum absolute atomic E-state index is 6.76. The van der Waals surface area contributed by atoms with Crippen LogP contribution in [0.4, 0.5) is 0 Å². The molecule has 0 radical (unpaired) electrons. The Kier molecular flexibility index (Phi) is 6.90. The third-order valence-corrected chi connectivity index (χ3v) is 7.57. The molecular formula is C24H37O2P. The number of rotatable bonds is 6. The Morgan fingerprint density at radius 1 is 0.593 bits per heavy atom. The van der Waals surface area contributed by atoms with Gasteiger partial charge in [-0.1, -0.05) is 0 Å². The van der Waals surface area contributed by atoms with Gasteiger partial charge in [0.15, 0.2) is 0 Å². The summed E-state index contributed by atoms with van der Waals surface area (Å²) in [6.07, 6.45) is 0. The molecule has 3 heteroatoms. The zero-order valence-electron chi connectivity index (χ0n) is 18.3. The van der Waals surface area contributed by atoms with E-state index >= 15 is 0 Å². The summed E-state index contributed by atoms with van der Waals surface area (Å²) in [5.41, 5.74) is 2.63. The van der Waals surface area contributed by atoms with Gasteiger partial charge in [-0.3, -0.25) is 0 Å². The Morgan fingerprint density at radius 3 is 1.15 bits per heavy atom. The summed E-state index contributed by atoms with van der Waals surface area (Å²) in [5.74, 6) is 0. The first-order chi connectivity index (χ1) is 12.4. The molecule has 0 saturated carbocycles. The van der Waals surface area contributed by atoms with Crippen molar-refractivity contribution < 1.29 is 9.05 Å². The van der Waals surface area contributed by atoms with Crippen molar-refractivity contribution >= 4 is 18.3 Å². The van der Waals surface area contributed by atoms with Gasteiger partial charge in [0.1, 0.15) is 0 Å². The van der Waals surface area contributed by atoms with Gasteiger partial charge in [-0.2, -0.15) is 0 Å². The molecule has 0 bridgehead atoms. The molecule has 2 aromatic carbocycles. The second-order valence-electron chi connectivity index (χ2n) is 10.0. The van der Waals surface area contributed by atoms with Crippen molar-refractivity contribution in [1.82, 2.24) is 0 Å². The van der Waals surface area contributed by atoms with Gasteiger partial charge in [0.2, 0.25) is 0 Å². The molecule has 0 spiro atoms. The monoisotopic (exact) mass is 388 g/mol. The predicted octanol–water partition coefficient (Wildman–Crippen LogP) is 5.96. The van der Waals surface area contributed by atoms with Crippen molar-refractivity contribution in [2.45, 2.75) is 55.4 Å². The third-order valence-electron chi connectivity index (χ3n) is 4.28. The molecule has 150 valence electrons. The zero-order valence-corrected chi connectivity index (χ0v) is 19.3. The second kappa shape index (κ2) is 8.43. The van der Waals surface area contributed by atoms with E-state index in [0.717, 1.165) is 0 Å². The molecule has 0 saturated heterocycles. The molecule has 0 N–H and O–H groups in total. The summed E-state index contributed by atoms with van der Waals surface area (Å²) in [7, 11) is -2.81. The van der Waals surface area contributed by atoms with Gasteiger partial charge in [-0.05, 0) is 0 Å². The average molecular weight is 389 g/mol. The van der Waals surface area contributed by atoms with Gasteiger partial charge >= 0.3 is 166 Å². The molecule has 27 heavy (non-hydrogen) atoms. The van der Waals surface area contributed by atoms with E-state index < -0.39 is 7.72 Å². The summed E-state index contributed by atoms with van der Waals surface area (Å²) >= 11 is 0. The van der Waals surface area contributed by atoms with Crippen molar-refractivity contribution in [2.75, 3.05) is 13.2 Å². The van der Waals surface area contributed by atoms with Crippen molar-refractivity contribution in [3.05, 3.63) is 59.7 Å². The Labute approximate surface area is 166 Å². The summed E-state index contributed by atoms with van der Waals surface area (Å²) in [6.45, 7) is 18.8. The number of hydrogen-bond acceptors (Lipinski definition) is 2. The molecule has 0 amide bonds. The van der Waals surface area contributed by atoms with E-state index in [9.17, 15) is 0 Å². The van der Waals surface area contributed by atoms with E-state index in [1.165, 1.54) is 21.7 Å². The number of benzene rings is 2. The molecule has 2 rings (SSSR count). The molecule has 0 fully saturated rings. The third kappa shape index (κ3) is 6.42. The summed E-state index contributed by atoms with van der Waals surface area (Å²) in [6, 6.07) is 17.4. The van der Waals surface area contributed by atoms with Crippen LogP contribution in [0.25, 0.3) is 0 Å². The van der Waals surface area contributed by atoms with Crippen LogP contribution in [0.5, 0.6) is 0 Å². The summed E-state index contributed by atoms with van der Waals surface area (Å²) in [5, 5.41) is 2.34. The molecule has 0 aromatic heterocycles. The molecule has 0 aliphatic carbocycles. The number of aryl methyl sites for hydroxylation is 2. The van der Waals surface area contributed by atoms with Crippen LogP contribution in [0, 0.1) is 24.7 Å². The van der Waals surface area contributed by atoms with Crippen LogP contribution in [-0.2, 0) is 9.05 Å². The van der Waals surface area contributed by atoms with Crippen LogP contribution >= 0.6 is 7.72 Å². The van der Waals surface area contributed by atoms with Crippen LogP contribution < -0.4 is 10.6 Å². The van der Waals surface area contributed by atoms with Crippen LogP contribution in [0.15, 0.2) is 48.5 Å². The molecular weight excluding hydrogens is 351 g/mol. The van der Waals surface area contributed by atoms with E-state index in [1.807, 2.05) is 0 Å². The quantitative estimate of drug-likeness (QED) is 0.569. The first kappa shape index (κ1) is 22.1. The molecule has 0 heterocycles. The standard InChI is InChI=1S/C24H37O2P/c1-19-9-13-21(14-10-19)27(25-17-23(3,4)5,26-18-24(6,7)8)22-15-11-20(2)12-16-22/h9-16,27H,17-18H2,1-8H3. The first-order valence-electron chi connectivity index (χ1n) is 9.84. The van der Waals surface area contributed by atoms with E-state index in [-0.39, 0.29) is 10.8 Å². The van der Waals surface area contributed by atoms with Gasteiger partial charge in [0.05, 0.1) is 0 Å². The Morgan fingerprint density at radius 2 is 0.889 bits per heavy atom. The minimum absolute atomic E-state index is 0.0682. The van der Waals surface area contributed by atoms with Gasteiger partial charge in [0.25, 0.3) is 0 Å². The Hall–Kier alpha value is -1.21. The Bertz CT molecular complexity index is 653. The minimum atomic E-state index is -2.81. The van der Waals surface area contributed by atoms with Crippen LogP contribution in [0.3, 0.4) is 0 Å². The Balaban J connectivity index is 2.58. The van der Waals surface area contributed by atoms with E-state index in [4.69, 9.17) is 9.05 Å². The van der Waals surface area contributed by atoms with Crippen molar-refractivity contribution in [3.8, 4) is 0 Å². The molecule has 2 aromatic rings. The normalized spacial score (nSPS) is 13.6. The van der Waals surface area contributed by atoms with E-state index in [0.29, 0.717) is 13.2 Å². The SMILES string of the molecule is Cc1ccc([PH](OCC(C)(C)C)(OCC(C)(C)C)c2ccc(C)cc2)cc1.